The van der Waals surface area contributed by atoms with E-state index < -0.39 is 17.7 Å². The van der Waals surface area contributed by atoms with Crippen LogP contribution in [0.4, 0.5) is 10.5 Å². The van der Waals surface area contributed by atoms with Gasteiger partial charge in [-0.15, -0.1) is 0 Å². The summed E-state index contributed by atoms with van der Waals surface area (Å²) in [6.45, 7) is 8.84. The van der Waals surface area contributed by atoms with Crippen LogP contribution in [0.5, 0.6) is 11.5 Å². The zero-order valence-electron chi connectivity index (χ0n) is 26.6. The minimum absolute atomic E-state index is 0.276. The number of piperazine rings is 1. The number of hydrogen-bond donors (Lipinski definition) is 1. The summed E-state index contributed by atoms with van der Waals surface area (Å²) in [5, 5.41) is 0. The quantitative estimate of drug-likeness (QED) is 0.279. The first-order valence-electron chi connectivity index (χ1n) is 15.3. The SMILES string of the molecule is COc1ccc(C(CCC(C)(C)OC(N)=O)N2C(=O)c3cccc(N4CCN(C(C)c5ccccc5)CC4)c3C2=O)cc1OC. The molecule has 3 aromatic carbocycles. The van der Waals surface area contributed by atoms with Gasteiger partial charge in [0.15, 0.2) is 11.5 Å². The van der Waals surface area contributed by atoms with Gasteiger partial charge in [0.05, 0.1) is 37.1 Å². The van der Waals surface area contributed by atoms with E-state index in [4.69, 9.17) is 19.9 Å². The molecule has 45 heavy (non-hydrogen) atoms. The molecule has 0 aliphatic carbocycles. The Morgan fingerprint density at radius 1 is 0.867 bits per heavy atom. The number of rotatable bonds is 11. The second-order valence-corrected chi connectivity index (χ2v) is 12.1. The Kier molecular flexibility index (Phi) is 9.34. The van der Waals surface area contributed by atoms with E-state index in [1.165, 1.54) is 17.6 Å². The molecule has 2 atom stereocenters. The molecular weight excluding hydrogens is 572 g/mol. The predicted octanol–water partition coefficient (Wildman–Crippen LogP) is 5.58. The van der Waals surface area contributed by atoms with Crippen molar-refractivity contribution >= 4 is 23.6 Å². The van der Waals surface area contributed by atoms with Gasteiger partial charge in [-0.2, -0.15) is 0 Å². The first kappa shape index (κ1) is 31.8. The van der Waals surface area contributed by atoms with Gasteiger partial charge in [-0.3, -0.25) is 19.4 Å². The van der Waals surface area contributed by atoms with Gasteiger partial charge in [-0.05, 0) is 69.0 Å². The van der Waals surface area contributed by atoms with Gasteiger partial charge in [0.25, 0.3) is 11.8 Å². The lowest BCUT2D eigenvalue weighted by molar-refractivity contribution is 0.0281. The Labute approximate surface area is 264 Å². The Hall–Kier alpha value is -4.57. The highest BCUT2D eigenvalue weighted by atomic mass is 16.6. The highest BCUT2D eigenvalue weighted by Gasteiger charge is 2.43. The lowest BCUT2D eigenvalue weighted by Gasteiger charge is -2.39. The van der Waals surface area contributed by atoms with Crippen LogP contribution in [0.15, 0.2) is 66.7 Å². The Bertz CT molecular complexity index is 1550. The molecule has 1 saturated heterocycles. The van der Waals surface area contributed by atoms with Gasteiger partial charge in [-0.25, -0.2) is 4.79 Å². The summed E-state index contributed by atoms with van der Waals surface area (Å²) < 4.78 is 16.3. The molecule has 0 radical (unpaired) electrons. The van der Waals surface area contributed by atoms with Crippen molar-refractivity contribution < 1.29 is 28.6 Å². The van der Waals surface area contributed by atoms with E-state index in [-0.39, 0.29) is 17.9 Å². The highest BCUT2D eigenvalue weighted by Crippen LogP contribution is 2.41. The van der Waals surface area contributed by atoms with Crippen LogP contribution in [0.25, 0.3) is 0 Å². The number of nitrogens with zero attached hydrogens (tertiary/aromatic N) is 3. The van der Waals surface area contributed by atoms with Crippen molar-refractivity contribution in [1.82, 2.24) is 9.80 Å². The number of benzene rings is 3. The van der Waals surface area contributed by atoms with E-state index in [1.807, 2.05) is 24.3 Å². The lowest BCUT2D eigenvalue weighted by Crippen LogP contribution is -2.47. The van der Waals surface area contributed by atoms with Gasteiger partial charge in [0, 0.05) is 32.2 Å². The average Bonchev–Trinajstić information content (AvgIpc) is 3.29. The summed E-state index contributed by atoms with van der Waals surface area (Å²) >= 11 is 0. The van der Waals surface area contributed by atoms with Crippen LogP contribution >= 0.6 is 0 Å². The van der Waals surface area contributed by atoms with E-state index in [9.17, 15) is 14.4 Å². The maximum atomic E-state index is 14.3. The second-order valence-electron chi connectivity index (χ2n) is 12.1. The van der Waals surface area contributed by atoms with Gasteiger partial charge in [-0.1, -0.05) is 42.5 Å². The van der Waals surface area contributed by atoms with Crippen LogP contribution in [0, 0.1) is 0 Å². The molecule has 2 aliphatic heterocycles. The van der Waals surface area contributed by atoms with Crippen molar-refractivity contribution in [3.63, 3.8) is 0 Å². The fourth-order valence-corrected chi connectivity index (χ4v) is 6.44. The summed E-state index contributed by atoms with van der Waals surface area (Å²) in [4.78, 5) is 45.9. The first-order chi connectivity index (χ1) is 21.5. The van der Waals surface area contributed by atoms with Crippen molar-refractivity contribution in [1.29, 1.82) is 0 Å². The minimum Gasteiger partial charge on any atom is -0.493 e. The Balaban J connectivity index is 1.43. The fourth-order valence-electron chi connectivity index (χ4n) is 6.44. The second kappa shape index (κ2) is 13.2. The van der Waals surface area contributed by atoms with Crippen LogP contribution in [-0.2, 0) is 4.74 Å². The Morgan fingerprint density at radius 3 is 2.20 bits per heavy atom. The normalized spacial score (nSPS) is 16.7. The van der Waals surface area contributed by atoms with E-state index in [0.717, 1.165) is 31.9 Å². The zero-order valence-corrected chi connectivity index (χ0v) is 26.6. The topological polar surface area (TPSA) is 115 Å². The molecule has 3 amide bonds. The van der Waals surface area contributed by atoms with Crippen LogP contribution in [-0.4, -0.2) is 73.7 Å². The molecule has 10 nitrogen and oxygen atoms in total. The lowest BCUT2D eigenvalue weighted by atomic mass is 9.93. The number of ether oxygens (including phenoxy) is 3. The van der Waals surface area contributed by atoms with E-state index >= 15 is 0 Å². The number of amides is 3. The molecule has 0 bridgehead atoms. The average molecular weight is 615 g/mol. The number of carbonyl (C=O) groups is 3. The van der Waals surface area contributed by atoms with Crippen LogP contribution in [0.1, 0.15) is 77.5 Å². The van der Waals surface area contributed by atoms with Crippen molar-refractivity contribution in [3.05, 3.63) is 89.0 Å². The predicted molar refractivity (Wildman–Crippen MR) is 172 cm³/mol. The van der Waals surface area contributed by atoms with E-state index in [2.05, 4.69) is 41.0 Å². The van der Waals surface area contributed by atoms with Crippen molar-refractivity contribution in [2.24, 2.45) is 5.73 Å². The van der Waals surface area contributed by atoms with Crippen LogP contribution in [0.2, 0.25) is 0 Å². The van der Waals surface area contributed by atoms with Crippen molar-refractivity contribution in [2.45, 2.75) is 51.3 Å². The molecule has 1 fully saturated rings. The third-order valence-electron chi connectivity index (χ3n) is 8.91. The standard InChI is InChI=1S/C35H42N4O6/c1-23(24-10-7-6-8-11-24)37-18-20-38(21-19-37)28-13-9-12-26-31(28)33(41)39(32(26)40)27(16-17-35(2,3)45-34(36)42)25-14-15-29(43-4)30(22-25)44-5/h6-15,22-23,27H,16-21H2,1-5H3,(H2,36,42). The van der Waals surface area contributed by atoms with E-state index in [0.29, 0.717) is 41.0 Å². The summed E-state index contributed by atoms with van der Waals surface area (Å²) in [6, 6.07) is 20.9. The molecule has 0 spiro atoms. The summed E-state index contributed by atoms with van der Waals surface area (Å²) in [7, 11) is 3.08. The van der Waals surface area contributed by atoms with Gasteiger partial charge < -0.3 is 24.8 Å². The zero-order chi connectivity index (χ0) is 32.3. The number of hydrogen-bond acceptors (Lipinski definition) is 8. The monoisotopic (exact) mass is 614 g/mol. The molecule has 2 heterocycles. The number of anilines is 1. The van der Waals surface area contributed by atoms with Crippen molar-refractivity contribution in [2.75, 3.05) is 45.3 Å². The number of nitrogens with two attached hydrogens (primary N) is 1. The maximum absolute atomic E-state index is 14.3. The number of fused-ring (bicyclic) bond motifs is 1. The van der Waals surface area contributed by atoms with Crippen molar-refractivity contribution in [3.8, 4) is 11.5 Å². The van der Waals surface area contributed by atoms with Crippen LogP contribution in [0.3, 0.4) is 0 Å². The molecule has 0 aromatic heterocycles. The molecule has 2 unspecified atom stereocenters. The highest BCUT2D eigenvalue weighted by molar-refractivity contribution is 6.24. The molecule has 5 rings (SSSR count). The summed E-state index contributed by atoms with van der Waals surface area (Å²) in [6.07, 6.45) is -0.213. The molecule has 10 heteroatoms. The fraction of sp³-hybridized carbons (Fsp3) is 0.400. The number of methoxy groups -OCH3 is 2. The number of carbonyl (C=O) groups excluding carboxylic acids is 3. The first-order valence-corrected chi connectivity index (χ1v) is 15.3. The van der Waals surface area contributed by atoms with Gasteiger partial charge in [0.1, 0.15) is 5.60 Å². The maximum Gasteiger partial charge on any atom is 0.405 e. The summed E-state index contributed by atoms with van der Waals surface area (Å²) in [5.74, 6) is 0.302. The van der Waals surface area contributed by atoms with E-state index in [1.54, 1.807) is 39.2 Å². The molecule has 2 aliphatic rings. The van der Waals surface area contributed by atoms with Crippen LogP contribution < -0.4 is 20.1 Å². The molecule has 2 N–H and O–H groups in total. The molecule has 0 saturated carbocycles. The largest absolute Gasteiger partial charge is 0.493 e. The third-order valence-corrected chi connectivity index (χ3v) is 8.91. The molecular formula is C35H42N4O6. The smallest absolute Gasteiger partial charge is 0.405 e. The molecule has 238 valence electrons. The number of primary amides is 1. The van der Waals surface area contributed by atoms with Gasteiger partial charge in [0.2, 0.25) is 0 Å². The number of imide groups is 1. The third kappa shape index (κ3) is 6.61. The van der Waals surface area contributed by atoms with Gasteiger partial charge >= 0.3 is 6.09 Å². The Morgan fingerprint density at radius 2 is 1.56 bits per heavy atom. The molecule has 3 aromatic rings. The minimum atomic E-state index is -0.916. The summed E-state index contributed by atoms with van der Waals surface area (Å²) in [5.41, 5.74) is 7.94.